The van der Waals surface area contributed by atoms with Gasteiger partial charge in [0, 0.05) is 12.7 Å². The summed E-state index contributed by atoms with van der Waals surface area (Å²) in [6, 6.07) is 19.6. The van der Waals surface area contributed by atoms with Crippen LogP contribution in [0.2, 0.25) is 5.04 Å². The van der Waals surface area contributed by atoms with E-state index in [4.69, 9.17) is 0 Å². The van der Waals surface area contributed by atoms with Crippen molar-refractivity contribution < 1.29 is 18.3 Å². The van der Waals surface area contributed by atoms with Crippen LogP contribution in [-0.2, 0) is 10.9 Å². The van der Waals surface area contributed by atoms with Gasteiger partial charge in [0.2, 0.25) is 19.1 Å². The molecule has 2 aromatic rings. The van der Waals surface area contributed by atoms with Crippen molar-refractivity contribution in [3.05, 3.63) is 72.9 Å². The molecule has 1 amide bonds. The first kappa shape index (κ1) is 24.1. The molecule has 32 heavy (non-hydrogen) atoms. The summed E-state index contributed by atoms with van der Waals surface area (Å²) in [5, 5.41) is 11.2. The molecule has 8 heteroatoms. The van der Waals surface area contributed by atoms with Gasteiger partial charge in [-0.3, -0.25) is 8.87 Å². The summed E-state index contributed by atoms with van der Waals surface area (Å²) in [4.78, 5) is 13.2. The molecule has 0 radical (unpaired) electrons. The normalized spacial score (nSPS) is 19.6. The molecule has 6 nitrogen and oxygen atoms in total. The molecule has 1 N–H and O–H groups in total. The van der Waals surface area contributed by atoms with E-state index in [0.29, 0.717) is 13.0 Å². The molecule has 1 aliphatic rings. The van der Waals surface area contributed by atoms with Crippen LogP contribution < -0.4 is 10.4 Å². The molecule has 0 aromatic heterocycles. The lowest BCUT2D eigenvalue weighted by atomic mass is 9.99. The molecule has 172 valence electrons. The van der Waals surface area contributed by atoms with E-state index < -0.39 is 35.8 Å². The molecule has 0 spiro atoms. The number of benzene rings is 2. The van der Waals surface area contributed by atoms with Crippen molar-refractivity contribution in [3.8, 4) is 0 Å². The monoisotopic (exact) mass is 472 g/mol. The second kappa shape index (κ2) is 9.11. The fraction of sp³-hybridized carbons (Fsp3) is 0.375. The summed E-state index contributed by atoms with van der Waals surface area (Å²) in [5.41, 5.74) is -0.749. The Bertz CT molecular complexity index is 1000. The highest BCUT2D eigenvalue weighted by Crippen LogP contribution is 2.39. The van der Waals surface area contributed by atoms with Crippen molar-refractivity contribution in [2.24, 2.45) is 0 Å². The standard InChI is InChI=1S/C24H32N2O4SSi/c1-23(2,3)32(20-12-7-5-8-13-20,21-14-9-6-10-15-21)26(31(29)30)19-17-24(4)16-11-18-25(24)22(27)28/h5-10,12-15,17,19,31H,11,16,18H2,1-4H3,(H,27,28)/b19-17+/t24-/m1/s1. The molecule has 1 atom stereocenters. The lowest BCUT2D eigenvalue weighted by Crippen LogP contribution is -2.73. The Hall–Kier alpha value is -2.58. The van der Waals surface area contributed by atoms with Gasteiger partial charge in [0.25, 0.3) is 0 Å². The van der Waals surface area contributed by atoms with Gasteiger partial charge in [0.1, 0.15) is 0 Å². The van der Waals surface area contributed by atoms with Gasteiger partial charge >= 0.3 is 6.09 Å². The van der Waals surface area contributed by atoms with Gasteiger partial charge in [-0.1, -0.05) is 81.4 Å². The summed E-state index contributed by atoms with van der Waals surface area (Å²) in [6.45, 7) is 8.55. The Balaban J connectivity index is 2.27. The Morgan fingerprint density at radius 1 is 1.06 bits per heavy atom. The minimum Gasteiger partial charge on any atom is -0.465 e. The van der Waals surface area contributed by atoms with Crippen molar-refractivity contribution >= 4 is 35.6 Å². The van der Waals surface area contributed by atoms with Crippen LogP contribution in [0.5, 0.6) is 0 Å². The Morgan fingerprint density at radius 2 is 1.56 bits per heavy atom. The summed E-state index contributed by atoms with van der Waals surface area (Å²) >= 11 is 0. The van der Waals surface area contributed by atoms with Crippen LogP contribution in [0.4, 0.5) is 4.79 Å². The zero-order valence-corrected chi connectivity index (χ0v) is 21.0. The van der Waals surface area contributed by atoms with Crippen LogP contribution in [0.15, 0.2) is 72.9 Å². The number of likely N-dealkylation sites (tertiary alicyclic amines) is 1. The number of rotatable bonds is 6. The second-order valence-corrected chi connectivity index (χ2v) is 15.3. The van der Waals surface area contributed by atoms with E-state index in [0.717, 1.165) is 16.8 Å². The highest BCUT2D eigenvalue weighted by Gasteiger charge is 2.54. The fourth-order valence-electron chi connectivity index (χ4n) is 4.99. The van der Waals surface area contributed by atoms with E-state index in [1.165, 1.54) is 8.87 Å². The van der Waals surface area contributed by atoms with Gasteiger partial charge in [-0.25, -0.2) is 13.2 Å². The average molecular weight is 473 g/mol. The molecule has 1 fully saturated rings. The van der Waals surface area contributed by atoms with Crippen LogP contribution in [0.1, 0.15) is 40.5 Å². The Kier molecular flexibility index (Phi) is 6.85. The first-order valence-electron chi connectivity index (χ1n) is 10.8. The maximum Gasteiger partial charge on any atom is 0.407 e. The SMILES string of the molecule is CC(C)(C)[Si](c1ccccc1)(c1ccccc1)N(/C=C/[C@@]1(C)CCCN1C(=O)O)[SH](=O)=O. The molecular formula is C24H32N2O4SSi. The Morgan fingerprint density at radius 3 is 1.97 bits per heavy atom. The maximum absolute atomic E-state index is 12.9. The minimum absolute atomic E-state index is 0.404. The van der Waals surface area contributed by atoms with Crippen molar-refractivity contribution in [1.82, 2.24) is 8.87 Å². The lowest BCUT2D eigenvalue weighted by molar-refractivity contribution is 0.126. The second-order valence-electron chi connectivity index (χ2n) is 9.49. The van der Waals surface area contributed by atoms with Gasteiger partial charge in [0.15, 0.2) is 0 Å². The van der Waals surface area contributed by atoms with Crippen molar-refractivity contribution in [3.63, 3.8) is 0 Å². The van der Waals surface area contributed by atoms with Crippen LogP contribution in [0, 0.1) is 0 Å². The van der Waals surface area contributed by atoms with Gasteiger partial charge in [-0.15, -0.1) is 0 Å². The van der Waals surface area contributed by atoms with Crippen LogP contribution in [-0.4, -0.2) is 48.8 Å². The molecule has 1 saturated heterocycles. The van der Waals surface area contributed by atoms with Crippen LogP contribution in [0.3, 0.4) is 0 Å². The highest BCUT2D eigenvalue weighted by molar-refractivity contribution is 7.72. The first-order chi connectivity index (χ1) is 15.0. The van der Waals surface area contributed by atoms with Crippen molar-refractivity contribution in [2.45, 2.75) is 51.1 Å². The molecule has 2 aromatic carbocycles. The third kappa shape index (κ3) is 4.21. The smallest absolute Gasteiger partial charge is 0.407 e. The van der Waals surface area contributed by atoms with Crippen molar-refractivity contribution in [1.29, 1.82) is 0 Å². The maximum atomic E-state index is 12.9. The highest BCUT2D eigenvalue weighted by atomic mass is 32.2. The van der Waals surface area contributed by atoms with E-state index in [-0.39, 0.29) is 0 Å². The summed E-state index contributed by atoms with van der Waals surface area (Å²) in [7, 11) is -6.10. The van der Waals surface area contributed by atoms with E-state index in [9.17, 15) is 18.3 Å². The third-order valence-corrected chi connectivity index (χ3v) is 13.7. The van der Waals surface area contributed by atoms with Gasteiger partial charge in [-0.2, -0.15) is 0 Å². The zero-order chi connectivity index (χ0) is 23.6. The molecule has 0 saturated carbocycles. The fourth-order valence-corrected chi connectivity index (χ4v) is 12.7. The third-order valence-electron chi connectivity index (χ3n) is 6.48. The van der Waals surface area contributed by atoms with Crippen LogP contribution in [0.25, 0.3) is 0 Å². The number of carbonyl (C=O) groups is 1. The average Bonchev–Trinajstić information content (AvgIpc) is 3.13. The molecule has 0 unspecified atom stereocenters. The van der Waals surface area contributed by atoms with Gasteiger partial charge in [-0.05, 0) is 41.3 Å². The molecule has 0 aliphatic carbocycles. The van der Waals surface area contributed by atoms with E-state index >= 15 is 0 Å². The predicted octanol–water partition coefficient (Wildman–Crippen LogP) is 3.42. The number of hydrogen-bond donors (Lipinski definition) is 2. The molecule has 1 heterocycles. The number of amides is 1. The number of carboxylic acid groups (broad SMARTS) is 1. The predicted molar refractivity (Wildman–Crippen MR) is 131 cm³/mol. The molecule has 3 rings (SSSR count). The van der Waals surface area contributed by atoms with E-state index in [1.54, 1.807) is 12.3 Å². The summed E-state index contributed by atoms with van der Waals surface area (Å²) < 4.78 is 27.3. The molecule has 0 bridgehead atoms. The molecule has 1 aliphatic heterocycles. The van der Waals surface area contributed by atoms with Crippen LogP contribution >= 0.6 is 0 Å². The largest absolute Gasteiger partial charge is 0.465 e. The number of thiol groups is 1. The molecular weight excluding hydrogens is 440 g/mol. The zero-order valence-electron chi connectivity index (χ0n) is 19.1. The Labute approximate surface area is 193 Å². The van der Waals surface area contributed by atoms with Gasteiger partial charge < -0.3 is 5.11 Å². The quantitative estimate of drug-likeness (QED) is 0.499. The topological polar surface area (TPSA) is 77.9 Å². The van der Waals surface area contributed by atoms with E-state index in [1.807, 2.05) is 67.6 Å². The first-order valence-corrected chi connectivity index (χ1v) is 13.9. The van der Waals surface area contributed by atoms with E-state index in [2.05, 4.69) is 20.8 Å². The van der Waals surface area contributed by atoms with Crippen molar-refractivity contribution in [2.75, 3.05) is 6.54 Å². The summed E-state index contributed by atoms with van der Waals surface area (Å²) in [5.74, 6) is 0. The van der Waals surface area contributed by atoms with Gasteiger partial charge in [0.05, 0.1) is 5.54 Å². The number of nitrogens with zero attached hydrogens (tertiary/aromatic N) is 2. The lowest BCUT2D eigenvalue weighted by Gasteiger charge is -2.48. The summed E-state index contributed by atoms with van der Waals surface area (Å²) in [6.07, 6.45) is 3.80. The minimum atomic E-state index is -3.11. The number of hydrogen-bond acceptors (Lipinski definition) is 3.